The van der Waals surface area contributed by atoms with Crippen molar-refractivity contribution in [3.63, 3.8) is 0 Å². The molecule has 3 N–H and O–H groups in total. The van der Waals surface area contributed by atoms with Gasteiger partial charge < -0.3 is 25.2 Å². The minimum Gasteiger partial charge on any atom is -0.480 e. The van der Waals surface area contributed by atoms with Gasteiger partial charge in [0.2, 0.25) is 5.91 Å². The second kappa shape index (κ2) is 9.62. The van der Waals surface area contributed by atoms with Gasteiger partial charge in [0.1, 0.15) is 12.6 Å². The molecule has 0 spiro atoms. The van der Waals surface area contributed by atoms with Gasteiger partial charge in [-0.1, -0.05) is 48.5 Å². The quantitative estimate of drug-likeness (QED) is 0.595. The summed E-state index contributed by atoms with van der Waals surface area (Å²) in [6.45, 7) is 2.20. The molecule has 0 radical (unpaired) electrons. The first kappa shape index (κ1) is 22.8. The summed E-state index contributed by atoms with van der Waals surface area (Å²) in [6, 6.07) is 15.1. The average Bonchev–Trinajstić information content (AvgIpc) is 3.15. The van der Waals surface area contributed by atoms with Crippen molar-refractivity contribution in [2.45, 2.75) is 31.7 Å². The van der Waals surface area contributed by atoms with Crippen molar-refractivity contribution in [1.82, 2.24) is 10.6 Å². The Bertz CT molecular complexity index is 1000. The summed E-state index contributed by atoms with van der Waals surface area (Å²) in [4.78, 5) is 36.5. The zero-order valence-corrected chi connectivity index (χ0v) is 18.5. The van der Waals surface area contributed by atoms with Crippen LogP contribution in [-0.2, 0) is 19.1 Å². The molecule has 2 amide bonds. The van der Waals surface area contributed by atoms with Gasteiger partial charge in [-0.15, -0.1) is 0 Å². The lowest BCUT2D eigenvalue weighted by Crippen LogP contribution is -2.55. The maximum atomic E-state index is 12.8. The van der Waals surface area contributed by atoms with E-state index >= 15 is 0 Å². The Balaban J connectivity index is 1.39. The number of ether oxygens (including phenoxy) is 2. The SMILES string of the molecule is C[C@H](NC(=O)C1(CNC(=O)OCC2c3ccccc3-c3ccccc32)CCCOC1)C(=O)O. The molecule has 4 rings (SSSR count). The number of aliphatic carboxylic acids is 1. The van der Waals surface area contributed by atoms with Crippen LogP contribution < -0.4 is 10.6 Å². The Morgan fingerprint density at radius 2 is 1.76 bits per heavy atom. The predicted molar refractivity (Wildman–Crippen MR) is 121 cm³/mol. The Morgan fingerprint density at radius 1 is 1.12 bits per heavy atom. The summed E-state index contributed by atoms with van der Waals surface area (Å²) in [5.74, 6) is -1.63. The molecule has 174 valence electrons. The molecule has 0 bridgehead atoms. The lowest BCUT2D eigenvalue weighted by atomic mass is 9.81. The molecule has 1 unspecified atom stereocenters. The van der Waals surface area contributed by atoms with Crippen LogP contribution in [0, 0.1) is 5.41 Å². The molecule has 1 saturated heterocycles. The van der Waals surface area contributed by atoms with Gasteiger partial charge in [-0.05, 0) is 42.0 Å². The van der Waals surface area contributed by atoms with E-state index in [-0.39, 0.29) is 25.7 Å². The van der Waals surface area contributed by atoms with Crippen LogP contribution in [0.15, 0.2) is 48.5 Å². The Hall–Kier alpha value is -3.39. The topological polar surface area (TPSA) is 114 Å². The Labute approximate surface area is 192 Å². The van der Waals surface area contributed by atoms with Crippen LogP contribution in [0.5, 0.6) is 0 Å². The van der Waals surface area contributed by atoms with E-state index < -0.39 is 29.4 Å². The first-order chi connectivity index (χ1) is 15.9. The highest BCUT2D eigenvalue weighted by molar-refractivity contribution is 5.88. The van der Waals surface area contributed by atoms with Gasteiger partial charge in [0.25, 0.3) is 0 Å². The van der Waals surface area contributed by atoms with Crippen molar-refractivity contribution in [1.29, 1.82) is 0 Å². The number of carbonyl (C=O) groups excluding carboxylic acids is 2. The van der Waals surface area contributed by atoms with E-state index in [1.165, 1.54) is 6.92 Å². The van der Waals surface area contributed by atoms with E-state index in [0.29, 0.717) is 19.4 Å². The van der Waals surface area contributed by atoms with Gasteiger partial charge in [0.05, 0.1) is 12.0 Å². The number of hydrogen-bond acceptors (Lipinski definition) is 5. The smallest absolute Gasteiger partial charge is 0.407 e. The van der Waals surface area contributed by atoms with Crippen molar-refractivity contribution in [3.05, 3.63) is 59.7 Å². The fraction of sp³-hybridized carbons (Fsp3) is 0.400. The molecular weight excluding hydrogens is 424 g/mol. The average molecular weight is 453 g/mol. The van der Waals surface area contributed by atoms with Crippen LogP contribution in [-0.4, -0.2) is 55.5 Å². The predicted octanol–water partition coefficient (Wildman–Crippen LogP) is 2.91. The third-order valence-electron chi connectivity index (χ3n) is 6.44. The second-order valence-electron chi connectivity index (χ2n) is 8.65. The highest BCUT2D eigenvalue weighted by Gasteiger charge is 2.42. The number of alkyl carbamates (subject to hydrolysis) is 1. The van der Waals surface area contributed by atoms with Crippen LogP contribution in [0.1, 0.15) is 36.8 Å². The summed E-state index contributed by atoms with van der Waals surface area (Å²) in [5.41, 5.74) is 3.48. The molecule has 0 saturated carbocycles. The number of fused-ring (bicyclic) bond motifs is 3. The number of nitrogens with one attached hydrogen (secondary N) is 2. The van der Waals surface area contributed by atoms with Crippen LogP contribution in [0.3, 0.4) is 0 Å². The fourth-order valence-electron chi connectivity index (χ4n) is 4.55. The van der Waals surface area contributed by atoms with Crippen LogP contribution in [0.25, 0.3) is 11.1 Å². The standard InChI is InChI=1S/C25H28N2O6/c1-16(22(28)29)27-23(30)25(11-6-12-32-15-25)14-26-24(31)33-13-21-19-9-4-2-7-17(19)18-8-3-5-10-20(18)21/h2-5,7-10,16,21H,6,11-15H2,1H3,(H,26,31)(H,27,30)(H,28,29)/t16-,25?/m0/s1. The van der Waals surface area contributed by atoms with Crippen LogP contribution in [0.4, 0.5) is 4.79 Å². The van der Waals surface area contributed by atoms with E-state index in [1.807, 2.05) is 36.4 Å². The van der Waals surface area contributed by atoms with Crippen LogP contribution >= 0.6 is 0 Å². The van der Waals surface area contributed by atoms with E-state index in [4.69, 9.17) is 14.6 Å². The van der Waals surface area contributed by atoms with Gasteiger partial charge in [-0.2, -0.15) is 0 Å². The lowest BCUT2D eigenvalue weighted by molar-refractivity contribution is -0.146. The largest absolute Gasteiger partial charge is 0.480 e. The van der Waals surface area contributed by atoms with E-state index in [9.17, 15) is 14.4 Å². The molecule has 1 heterocycles. The molecule has 8 nitrogen and oxygen atoms in total. The maximum Gasteiger partial charge on any atom is 0.407 e. The molecule has 33 heavy (non-hydrogen) atoms. The number of carbonyl (C=O) groups is 3. The molecule has 2 aromatic rings. The van der Waals surface area contributed by atoms with E-state index in [2.05, 4.69) is 22.8 Å². The molecule has 1 aliphatic carbocycles. The third kappa shape index (κ3) is 4.71. The summed E-state index contributed by atoms with van der Waals surface area (Å²) in [5, 5.41) is 14.3. The number of rotatable bonds is 7. The highest BCUT2D eigenvalue weighted by Crippen LogP contribution is 2.44. The molecular formula is C25H28N2O6. The van der Waals surface area contributed by atoms with Crippen molar-refractivity contribution >= 4 is 18.0 Å². The monoisotopic (exact) mass is 452 g/mol. The first-order valence-corrected chi connectivity index (χ1v) is 11.1. The van der Waals surface area contributed by atoms with Crippen LogP contribution in [0.2, 0.25) is 0 Å². The minimum absolute atomic E-state index is 0.00183. The first-order valence-electron chi connectivity index (χ1n) is 11.1. The van der Waals surface area contributed by atoms with Gasteiger partial charge >= 0.3 is 12.1 Å². The van der Waals surface area contributed by atoms with E-state index in [0.717, 1.165) is 22.3 Å². The Kier molecular flexibility index (Phi) is 6.65. The number of carboxylic acid groups (broad SMARTS) is 1. The van der Waals surface area contributed by atoms with Crippen molar-refractivity contribution < 1.29 is 29.0 Å². The number of carboxylic acids is 1. The molecule has 2 aliphatic rings. The summed E-state index contributed by atoms with van der Waals surface area (Å²) >= 11 is 0. The number of hydrogen-bond donors (Lipinski definition) is 3. The molecule has 2 atom stereocenters. The summed E-state index contributed by atoms with van der Waals surface area (Å²) in [7, 11) is 0. The minimum atomic E-state index is -1.13. The molecule has 1 aliphatic heterocycles. The zero-order valence-electron chi connectivity index (χ0n) is 18.5. The molecule has 1 fully saturated rings. The molecule has 2 aromatic carbocycles. The van der Waals surface area contributed by atoms with Gasteiger partial charge in [0.15, 0.2) is 0 Å². The van der Waals surface area contributed by atoms with Crippen molar-refractivity contribution in [2.24, 2.45) is 5.41 Å². The van der Waals surface area contributed by atoms with E-state index in [1.54, 1.807) is 0 Å². The Morgan fingerprint density at radius 3 is 2.33 bits per heavy atom. The van der Waals surface area contributed by atoms with Crippen molar-refractivity contribution in [2.75, 3.05) is 26.4 Å². The normalized spacial score (nSPS) is 20.3. The van der Waals surface area contributed by atoms with Gasteiger partial charge in [-0.3, -0.25) is 9.59 Å². The maximum absolute atomic E-state index is 12.8. The number of amides is 2. The number of benzene rings is 2. The molecule has 8 heteroatoms. The fourth-order valence-corrected chi connectivity index (χ4v) is 4.55. The second-order valence-corrected chi connectivity index (χ2v) is 8.65. The van der Waals surface area contributed by atoms with Gasteiger partial charge in [0, 0.05) is 19.1 Å². The summed E-state index contributed by atoms with van der Waals surface area (Å²) in [6.07, 6.45) is 0.497. The third-order valence-corrected chi connectivity index (χ3v) is 6.44. The zero-order chi connectivity index (χ0) is 23.4. The lowest BCUT2D eigenvalue weighted by Gasteiger charge is -2.36. The van der Waals surface area contributed by atoms with Crippen molar-refractivity contribution in [3.8, 4) is 11.1 Å². The summed E-state index contributed by atoms with van der Waals surface area (Å²) < 4.78 is 11.1. The molecule has 0 aromatic heterocycles. The van der Waals surface area contributed by atoms with Gasteiger partial charge in [-0.25, -0.2) is 4.79 Å². The highest BCUT2D eigenvalue weighted by atomic mass is 16.5.